The summed E-state index contributed by atoms with van der Waals surface area (Å²) in [6.45, 7) is 0. The van der Waals surface area contributed by atoms with Crippen LogP contribution in [0.5, 0.6) is 0 Å². The van der Waals surface area contributed by atoms with Crippen LogP contribution in [0.3, 0.4) is 0 Å². The maximum Gasteiger partial charge on any atom is 0.253 e. The number of hydrogen-bond donors (Lipinski definition) is 1. The number of benzene rings is 2. The summed E-state index contributed by atoms with van der Waals surface area (Å²) in [5.74, 6) is 0.696. The predicted molar refractivity (Wildman–Crippen MR) is 100 cm³/mol. The molecular formula is C19H19N3O2S. The number of anilines is 1. The van der Waals surface area contributed by atoms with Gasteiger partial charge in [0.1, 0.15) is 0 Å². The molecule has 0 fully saturated rings. The van der Waals surface area contributed by atoms with E-state index in [-0.39, 0.29) is 17.6 Å². The molecule has 25 heavy (non-hydrogen) atoms. The van der Waals surface area contributed by atoms with Gasteiger partial charge in [-0.2, -0.15) is 5.26 Å². The van der Waals surface area contributed by atoms with E-state index < -0.39 is 0 Å². The van der Waals surface area contributed by atoms with Crippen LogP contribution in [0, 0.1) is 11.3 Å². The van der Waals surface area contributed by atoms with Gasteiger partial charge in [-0.3, -0.25) is 9.59 Å². The van der Waals surface area contributed by atoms with Crippen molar-refractivity contribution >= 4 is 29.3 Å². The molecular weight excluding hydrogens is 334 g/mol. The molecule has 2 aromatic rings. The van der Waals surface area contributed by atoms with E-state index in [0.29, 0.717) is 22.6 Å². The summed E-state index contributed by atoms with van der Waals surface area (Å²) in [5.41, 5.74) is 2.79. The molecule has 2 rings (SSSR count). The molecule has 128 valence electrons. The summed E-state index contributed by atoms with van der Waals surface area (Å²) < 4.78 is 0. The van der Waals surface area contributed by atoms with Gasteiger partial charge in [-0.1, -0.05) is 18.2 Å². The summed E-state index contributed by atoms with van der Waals surface area (Å²) in [6, 6.07) is 16.3. The number of rotatable bonds is 6. The molecule has 0 heterocycles. The maximum absolute atomic E-state index is 12.0. The molecule has 0 atom stereocenters. The Labute approximate surface area is 151 Å². The van der Waals surface area contributed by atoms with Gasteiger partial charge in [0.15, 0.2) is 0 Å². The highest BCUT2D eigenvalue weighted by molar-refractivity contribution is 7.99. The Morgan fingerprint density at radius 2 is 1.80 bits per heavy atom. The maximum atomic E-state index is 12.0. The third-order valence-electron chi connectivity index (χ3n) is 3.45. The van der Waals surface area contributed by atoms with Crippen molar-refractivity contribution < 1.29 is 9.59 Å². The molecule has 5 nitrogen and oxygen atoms in total. The quantitative estimate of drug-likeness (QED) is 0.866. The molecule has 2 amide bonds. The summed E-state index contributed by atoms with van der Waals surface area (Å²) in [5, 5.41) is 11.9. The van der Waals surface area contributed by atoms with Gasteiger partial charge in [-0.05, 0) is 35.9 Å². The van der Waals surface area contributed by atoms with Gasteiger partial charge in [0, 0.05) is 31.1 Å². The minimum atomic E-state index is -0.119. The van der Waals surface area contributed by atoms with Crippen LogP contribution in [0.4, 0.5) is 5.69 Å². The van der Waals surface area contributed by atoms with Crippen LogP contribution in [0.25, 0.3) is 0 Å². The predicted octanol–water partition coefficient (Wildman–Crippen LogP) is 3.13. The fourth-order valence-corrected chi connectivity index (χ4v) is 2.99. The Bertz CT molecular complexity index is 795. The molecule has 0 spiro atoms. The van der Waals surface area contributed by atoms with Gasteiger partial charge >= 0.3 is 0 Å². The van der Waals surface area contributed by atoms with E-state index in [1.165, 1.54) is 16.7 Å². The number of nitrogens with zero attached hydrogens (tertiary/aromatic N) is 2. The Hall–Kier alpha value is -2.78. The van der Waals surface area contributed by atoms with Gasteiger partial charge < -0.3 is 10.2 Å². The van der Waals surface area contributed by atoms with E-state index in [2.05, 4.69) is 11.4 Å². The number of carbonyl (C=O) groups excluding carboxylic acids is 2. The zero-order valence-electron chi connectivity index (χ0n) is 14.2. The molecule has 0 saturated carbocycles. The highest BCUT2D eigenvalue weighted by atomic mass is 32.2. The van der Waals surface area contributed by atoms with Gasteiger partial charge in [0.25, 0.3) is 5.91 Å². The first-order valence-electron chi connectivity index (χ1n) is 7.68. The second kappa shape index (κ2) is 8.90. The van der Waals surface area contributed by atoms with Crippen LogP contribution in [0.1, 0.15) is 21.5 Å². The lowest BCUT2D eigenvalue weighted by molar-refractivity contribution is -0.113. The Balaban J connectivity index is 1.84. The molecule has 0 saturated heterocycles. The molecule has 0 aliphatic carbocycles. The van der Waals surface area contributed by atoms with Gasteiger partial charge in [0.2, 0.25) is 5.91 Å². The minimum Gasteiger partial charge on any atom is -0.345 e. The number of nitriles is 1. The molecule has 2 aromatic carbocycles. The van der Waals surface area contributed by atoms with E-state index in [9.17, 15) is 9.59 Å². The SMILES string of the molecule is CN(C)C(=O)c1ccc(NC(=O)CSCc2ccccc2C#N)cc1. The number of thioether (sulfide) groups is 1. The van der Waals surface area contributed by atoms with Crippen LogP contribution in [0.15, 0.2) is 48.5 Å². The van der Waals surface area contributed by atoms with Gasteiger partial charge in [-0.15, -0.1) is 11.8 Å². The van der Waals surface area contributed by atoms with Gasteiger partial charge in [0.05, 0.1) is 17.4 Å². The van der Waals surface area contributed by atoms with E-state index >= 15 is 0 Å². The highest BCUT2D eigenvalue weighted by Gasteiger charge is 2.09. The Kier molecular flexibility index (Phi) is 6.61. The zero-order valence-corrected chi connectivity index (χ0v) is 15.0. The van der Waals surface area contributed by atoms with Crippen LogP contribution in [-0.2, 0) is 10.5 Å². The summed E-state index contributed by atoms with van der Waals surface area (Å²) in [4.78, 5) is 25.3. The standard InChI is InChI=1S/C19H19N3O2S/c1-22(2)19(24)14-7-9-17(10-8-14)21-18(23)13-25-12-16-6-4-3-5-15(16)11-20/h3-10H,12-13H2,1-2H3,(H,21,23). The largest absolute Gasteiger partial charge is 0.345 e. The molecule has 0 aliphatic heterocycles. The lowest BCUT2D eigenvalue weighted by atomic mass is 10.1. The molecule has 0 aromatic heterocycles. The third-order valence-corrected chi connectivity index (χ3v) is 4.43. The van der Waals surface area contributed by atoms with Crippen molar-refractivity contribution in [3.8, 4) is 6.07 Å². The van der Waals surface area contributed by atoms with Crippen molar-refractivity contribution in [2.45, 2.75) is 5.75 Å². The monoisotopic (exact) mass is 353 g/mol. The van der Waals surface area contributed by atoms with E-state index in [1.807, 2.05) is 18.2 Å². The van der Waals surface area contributed by atoms with E-state index in [4.69, 9.17) is 5.26 Å². The first kappa shape index (κ1) is 18.6. The smallest absolute Gasteiger partial charge is 0.253 e. The third kappa shape index (κ3) is 5.37. The van der Waals surface area contributed by atoms with Crippen molar-refractivity contribution in [1.29, 1.82) is 5.26 Å². The molecule has 0 bridgehead atoms. The number of amides is 2. The van der Waals surface area contributed by atoms with Crippen LogP contribution < -0.4 is 5.32 Å². The second-order valence-corrected chi connectivity index (χ2v) is 6.57. The van der Waals surface area contributed by atoms with Crippen LogP contribution in [-0.4, -0.2) is 36.6 Å². The summed E-state index contributed by atoms with van der Waals surface area (Å²) in [7, 11) is 3.39. The van der Waals surface area contributed by atoms with Gasteiger partial charge in [-0.25, -0.2) is 0 Å². The lowest BCUT2D eigenvalue weighted by Crippen LogP contribution is -2.21. The zero-order chi connectivity index (χ0) is 18.2. The number of hydrogen-bond acceptors (Lipinski definition) is 4. The van der Waals surface area contributed by atoms with Crippen molar-refractivity contribution in [3.63, 3.8) is 0 Å². The lowest BCUT2D eigenvalue weighted by Gasteiger charge is -2.11. The molecule has 0 aliphatic rings. The number of nitrogens with one attached hydrogen (secondary N) is 1. The van der Waals surface area contributed by atoms with Crippen molar-refractivity contribution in [3.05, 3.63) is 65.2 Å². The normalized spacial score (nSPS) is 9.96. The van der Waals surface area contributed by atoms with E-state index in [0.717, 1.165) is 5.56 Å². The van der Waals surface area contributed by atoms with Crippen molar-refractivity contribution in [2.75, 3.05) is 25.2 Å². The fourth-order valence-electron chi connectivity index (χ4n) is 2.16. The molecule has 6 heteroatoms. The fraction of sp³-hybridized carbons (Fsp3) is 0.211. The molecule has 0 unspecified atom stereocenters. The first-order chi connectivity index (χ1) is 12.0. The number of carbonyl (C=O) groups is 2. The van der Waals surface area contributed by atoms with Crippen molar-refractivity contribution in [2.24, 2.45) is 0 Å². The Morgan fingerprint density at radius 1 is 1.12 bits per heavy atom. The summed E-state index contributed by atoms with van der Waals surface area (Å²) in [6.07, 6.45) is 0. The molecule has 0 radical (unpaired) electrons. The second-order valence-electron chi connectivity index (χ2n) is 5.59. The topological polar surface area (TPSA) is 73.2 Å². The summed E-state index contributed by atoms with van der Waals surface area (Å²) >= 11 is 1.45. The van der Waals surface area contributed by atoms with E-state index in [1.54, 1.807) is 44.4 Å². The average Bonchev–Trinajstić information content (AvgIpc) is 2.62. The first-order valence-corrected chi connectivity index (χ1v) is 8.84. The van der Waals surface area contributed by atoms with Crippen LogP contribution >= 0.6 is 11.8 Å². The van der Waals surface area contributed by atoms with Crippen molar-refractivity contribution in [1.82, 2.24) is 4.90 Å². The average molecular weight is 353 g/mol. The highest BCUT2D eigenvalue weighted by Crippen LogP contribution is 2.17. The molecule has 1 N–H and O–H groups in total. The minimum absolute atomic E-state index is 0.0791. The van der Waals surface area contributed by atoms with Crippen LogP contribution in [0.2, 0.25) is 0 Å². The Morgan fingerprint density at radius 3 is 2.44 bits per heavy atom.